The van der Waals surface area contributed by atoms with Crippen LogP contribution in [0.4, 0.5) is 5.69 Å². The highest BCUT2D eigenvalue weighted by molar-refractivity contribution is 5.49. The first kappa shape index (κ1) is 14.4. The van der Waals surface area contributed by atoms with Crippen molar-refractivity contribution in [1.29, 1.82) is 0 Å². The van der Waals surface area contributed by atoms with Crippen molar-refractivity contribution < 1.29 is 4.74 Å². The molecule has 0 radical (unpaired) electrons. The second-order valence-corrected chi connectivity index (χ2v) is 5.30. The third-order valence-electron chi connectivity index (χ3n) is 3.94. The van der Waals surface area contributed by atoms with Crippen LogP contribution >= 0.6 is 0 Å². The Labute approximate surface area is 121 Å². The standard InChI is InChI=1S/C18H23NO/c1-4-13(2)15-8-10-17(11-9-15)20-12-16-6-5-7-18(19)14(16)3/h5-11,13H,4,12,19H2,1-3H3. The van der Waals surface area contributed by atoms with Crippen LogP contribution in [0.3, 0.4) is 0 Å². The Balaban J connectivity index is 2.02. The summed E-state index contributed by atoms with van der Waals surface area (Å²) in [5.41, 5.74) is 10.3. The molecule has 1 unspecified atom stereocenters. The summed E-state index contributed by atoms with van der Waals surface area (Å²) >= 11 is 0. The average molecular weight is 269 g/mol. The van der Waals surface area contributed by atoms with Gasteiger partial charge in [-0.25, -0.2) is 0 Å². The third-order valence-corrected chi connectivity index (χ3v) is 3.94. The molecule has 0 aliphatic carbocycles. The fourth-order valence-corrected chi connectivity index (χ4v) is 2.15. The van der Waals surface area contributed by atoms with Crippen LogP contribution in [0, 0.1) is 6.92 Å². The molecule has 1 atom stereocenters. The van der Waals surface area contributed by atoms with Gasteiger partial charge in [0.15, 0.2) is 0 Å². The molecule has 0 heterocycles. The lowest BCUT2D eigenvalue weighted by Crippen LogP contribution is -2.01. The first-order chi connectivity index (χ1) is 9.61. The van der Waals surface area contributed by atoms with Crippen LogP contribution in [0.15, 0.2) is 42.5 Å². The van der Waals surface area contributed by atoms with Gasteiger partial charge in [-0.1, -0.05) is 38.1 Å². The molecule has 0 aromatic heterocycles. The van der Waals surface area contributed by atoms with E-state index in [0.29, 0.717) is 12.5 Å². The van der Waals surface area contributed by atoms with E-state index in [2.05, 4.69) is 32.0 Å². The molecule has 0 amide bonds. The summed E-state index contributed by atoms with van der Waals surface area (Å²) in [4.78, 5) is 0. The van der Waals surface area contributed by atoms with Gasteiger partial charge in [0, 0.05) is 5.69 Å². The molecule has 2 rings (SSSR count). The molecule has 0 fully saturated rings. The van der Waals surface area contributed by atoms with E-state index >= 15 is 0 Å². The summed E-state index contributed by atoms with van der Waals surface area (Å²) in [6, 6.07) is 14.3. The van der Waals surface area contributed by atoms with Gasteiger partial charge in [-0.3, -0.25) is 0 Å². The Morgan fingerprint density at radius 3 is 2.45 bits per heavy atom. The zero-order chi connectivity index (χ0) is 14.5. The molecule has 106 valence electrons. The van der Waals surface area contributed by atoms with Crippen LogP contribution < -0.4 is 10.5 Å². The fourth-order valence-electron chi connectivity index (χ4n) is 2.15. The average Bonchev–Trinajstić information content (AvgIpc) is 2.48. The van der Waals surface area contributed by atoms with Crippen LogP contribution in [0.1, 0.15) is 42.9 Å². The van der Waals surface area contributed by atoms with E-state index in [9.17, 15) is 0 Å². The van der Waals surface area contributed by atoms with Gasteiger partial charge in [0.2, 0.25) is 0 Å². The van der Waals surface area contributed by atoms with Crippen LogP contribution in [0.5, 0.6) is 5.75 Å². The molecular weight excluding hydrogens is 246 g/mol. The summed E-state index contributed by atoms with van der Waals surface area (Å²) in [5, 5.41) is 0. The van der Waals surface area contributed by atoms with Gasteiger partial charge in [-0.2, -0.15) is 0 Å². The van der Waals surface area contributed by atoms with E-state index in [1.165, 1.54) is 5.56 Å². The highest BCUT2D eigenvalue weighted by Gasteiger charge is 2.04. The number of benzene rings is 2. The topological polar surface area (TPSA) is 35.2 Å². The normalized spacial score (nSPS) is 12.2. The molecule has 0 saturated heterocycles. The lowest BCUT2D eigenvalue weighted by molar-refractivity contribution is 0.305. The SMILES string of the molecule is CCC(C)c1ccc(OCc2cccc(N)c2C)cc1. The third kappa shape index (κ3) is 3.32. The van der Waals surface area contributed by atoms with Crippen molar-refractivity contribution in [2.24, 2.45) is 0 Å². The quantitative estimate of drug-likeness (QED) is 0.800. The Bertz CT molecular complexity index is 560. The molecule has 2 aromatic carbocycles. The zero-order valence-corrected chi connectivity index (χ0v) is 12.5. The lowest BCUT2D eigenvalue weighted by atomic mass is 9.99. The summed E-state index contributed by atoms with van der Waals surface area (Å²) < 4.78 is 5.84. The molecular formula is C18H23NO. The molecule has 0 aliphatic heterocycles. The van der Waals surface area contributed by atoms with Crippen LogP contribution in [0.25, 0.3) is 0 Å². The minimum absolute atomic E-state index is 0.555. The van der Waals surface area contributed by atoms with Gasteiger partial charge < -0.3 is 10.5 Å². The monoisotopic (exact) mass is 269 g/mol. The van der Waals surface area contributed by atoms with Gasteiger partial charge in [0.25, 0.3) is 0 Å². The molecule has 2 N–H and O–H groups in total. The van der Waals surface area contributed by atoms with E-state index in [1.54, 1.807) is 0 Å². The van der Waals surface area contributed by atoms with E-state index in [1.807, 2.05) is 31.2 Å². The second kappa shape index (κ2) is 6.47. The number of nitrogen functional groups attached to an aromatic ring is 1. The van der Waals surface area contributed by atoms with Crippen molar-refractivity contribution in [3.63, 3.8) is 0 Å². The van der Waals surface area contributed by atoms with Crippen molar-refractivity contribution in [2.75, 3.05) is 5.73 Å². The maximum Gasteiger partial charge on any atom is 0.119 e. The van der Waals surface area contributed by atoms with Crippen LogP contribution in [-0.2, 0) is 6.61 Å². The molecule has 0 bridgehead atoms. The Morgan fingerprint density at radius 1 is 1.10 bits per heavy atom. The van der Waals surface area contributed by atoms with Gasteiger partial charge in [0.1, 0.15) is 12.4 Å². The predicted octanol–water partition coefficient (Wildman–Crippen LogP) is 4.67. The Hall–Kier alpha value is -1.96. The maximum atomic E-state index is 5.90. The fraction of sp³-hybridized carbons (Fsp3) is 0.333. The molecule has 2 nitrogen and oxygen atoms in total. The van der Waals surface area contributed by atoms with E-state index in [-0.39, 0.29) is 0 Å². The lowest BCUT2D eigenvalue weighted by Gasteiger charge is -2.12. The maximum absolute atomic E-state index is 5.90. The van der Waals surface area contributed by atoms with Gasteiger partial charge in [0.05, 0.1) is 0 Å². The first-order valence-corrected chi connectivity index (χ1v) is 7.18. The van der Waals surface area contributed by atoms with E-state index < -0.39 is 0 Å². The van der Waals surface area contributed by atoms with Gasteiger partial charge in [-0.05, 0) is 54.2 Å². The van der Waals surface area contributed by atoms with Gasteiger partial charge in [-0.15, -0.1) is 0 Å². The highest BCUT2D eigenvalue weighted by Crippen LogP contribution is 2.23. The predicted molar refractivity (Wildman–Crippen MR) is 85.1 cm³/mol. The van der Waals surface area contributed by atoms with Crippen molar-refractivity contribution in [1.82, 2.24) is 0 Å². The largest absolute Gasteiger partial charge is 0.489 e. The van der Waals surface area contributed by atoms with Crippen molar-refractivity contribution in [3.8, 4) is 5.75 Å². The van der Waals surface area contributed by atoms with Crippen molar-refractivity contribution in [2.45, 2.75) is 39.7 Å². The number of ether oxygens (including phenoxy) is 1. The molecule has 0 aliphatic rings. The summed E-state index contributed by atoms with van der Waals surface area (Å²) in [7, 11) is 0. The highest BCUT2D eigenvalue weighted by atomic mass is 16.5. The number of hydrogen-bond donors (Lipinski definition) is 1. The second-order valence-electron chi connectivity index (χ2n) is 5.30. The minimum atomic E-state index is 0.555. The Morgan fingerprint density at radius 2 is 1.80 bits per heavy atom. The number of anilines is 1. The minimum Gasteiger partial charge on any atom is -0.489 e. The number of hydrogen-bond acceptors (Lipinski definition) is 2. The summed E-state index contributed by atoms with van der Waals surface area (Å²) in [5.74, 6) is 1.50. The van der Waals surface area contributed by atoms with Crippen LogP contribution in [0.2, 0.25) is 0 Å². The zero-order valence-electron chi connectivity index (χ0n) is 12.5. The molecule has 0 spiro atoms. The smallest absolute Gasteiger partial charge is 0.119 e. The van der Waals surface area contributed by atoms with Crippen molar-refractivity contribution >= 4 is 5.69 Å². The number of rotatable bonds is 5. The molecule has 2 heteroatoms. The molecule has 20 heavy (non-hydrogen) atoms. The molecule has 2 aromatic rings. The summed E-state index contributed by atoms with van der Waals surface area (Å²) in [6.07, 6.45) is 1.16. The summed E-state index contributed by atoms with van der Waals surface area (Å²) in [6.45, 7) is 7.03. The number of nitrogens with two attached hydrogens (primary N) is 1. The van der Waals surface area contributed by atoms with E-state index in [0.717, 1.165) is 29.0 Å². The van der Waals surface area contributed by atoms with E-state index in [4.69, 9.17) is 10.5 Å². The molecule has 0 saturated carbocycles. The van der Waals surface area contributed by atoms with Crippen LogP contribution in [-0.4, -0.2) is 0 Å². The van der Waals surface area contributed by atoms with Crippen molar-refractivity contribution in [3.05, 3.63) is 59.2 Å². The Kier molecular flexibility index (Phi) is 4.67. The first-order valence-electron chi connectivity index (χ1n) is 7.18. The van der Waals surface area contributed by atoms with Gasteiger partial charge >= 0.3 is 0 Å².